The highest BCUT2D eigenvalue weighted by Crippen LogP contribution is 2.14. The summed E-state index contributed by atoms with van der Waals surface area (Å²) in [4.78, 5) is 0. The third-order valence-corrected chi connectivity index (χ3v) is 4.10. The van der Waals surface area contributed by atoms with E-state index in [4.69, 9.17) is 22.3 Å². The average molecular weight is 233 g/mol. The summed E-state index contributed by atoms with van der Waals surface area (Å²) in [6.07, 6.45) is 3.42. The van der Waals surface area contributed by atoms with Gasteiger partial charge in [-0.1, -0.05) is 12.8 Å². The van der Waals surface area contributed by atoms with Gasteiger partial charge in [-0.25, -0.2) is 8.42 Å². The summed E-state index contributed by atoms with van der Waals surface area (Å²) >= 11 is 5.46. The normalized spacial score (nSPS) is 14.6. The maximum atomic E-state index is 10.7. The molecule has 0 radical (unpaired) electrons. The summed E-state index contributed by atoms with van der Waals surface area (Å²) in [5.74, 6) is 0.641. The zero-order valence-electron chi connectivity index (χ0n) is 7.09. The van der Waals surface area contributed by atoms with Crippen molar-refractivity contribution in [3.63, 3.8) is 0 Å². The Balaban J connectivity index is 3.52. The average Bonchev–Trinajstić information content (AvgIpc) is 1.96. The van der Waals surface area contributed by atoms with Gasteiger partial charge in [-0.2, -0.15) is 0 Å². The zero-order chi connectivity index (χ0) is 9.61. The van der Waals surface area contributed by atoms with Gasteiger partial charge in [0.25, 0.3) is 0 Å². The van der Waals surface area contributed by atoms with Crippen molar-refractivity contribution < 1.29 is 8.42 Å². The van der Waals surface area contributed by atoms with Crippen molar-refractivity contribution in [2.75, 3.05) is 5.88 Å². The highest BCUT2D eigenvalue weighted by atomic mass is 35.7. The van der Waals surface area contributed by atoms with Gasteiger partial charge in [0.2, 0.25) is 9.05 Å². The summed E-state index contributed by atoms with van der Waals surface area (Å²) in [6, 6.07) is 0. The molecule has 0 saturated carbocycles. The minimum atomic E-state index is -3.35. The third-order valence-electron chi connectivity index (χ3n) is 1.72. The van der Waals surface area contributed by atoms with Crippen molar-refractivity contribution in [3.05, 3.63) is 0 Å². The van der Waals surface area contributed by atoms with E-state index in [1.165, 1.54) is 0 Å². The Morgan fingerprint density at radius 1 is 1.25 bits per heavy atom. The maximum Gasteiger partial charge on any atom is 0.235 e. The zero-order valence-corrected chi connectivity index (χ0v) is 9.42. The van der Waals surface area contributed by atoms with Crippen LogP contribution in [0.1, 0.15) is 32.6 Å². The largest absolute Gasteiger partial charge is 0.235 e. The van der Waals surface area contributed by atoms with Gasteiger partial charge in [-0.3, -0.25) is 0 Å². The molecule has 0 N–H and O–H groups in total. The van der Waals surface area contributed by atoms with Crippen LogP contribution in [0.15, 0.2) is 0 Å². The fourth-order valence-corrected chi connectivity index (χ4v) is 1.75. The highest BCUT2D eigenvalue weighted by Gasteiger charge is 2.16. The van der Waals surface area contributed by atoms with E-state index in [1.54, 1.807) is 6.92 Å². The minimum absolute atomic E-state index is 0.436. The van der Waals surface area contributed by atoms with Crippen LogP contribution in [-0.2, 0) is 9.05 Å². The van der Waals surface area contributed by atoms with Crippen LogP contribution in [0.25, 0.3) is 0 Å². The first kappa shape index (κ1) is 12.5. The summed E-state index contributed by atoms with van der Waals surface area (Å²) in [5.41, 5.74) is 0. The Bertz CT molecular complexity index is 201. The van der Waals surface area contributed by atoms with Crippen LogP contribution >= 0.6 is 22.3 Å². The third kappa shape index (κ3) is 6.09. The molecule has 1 atom stereocenters. The summed E-state index contributed by atoms with van der Waals surface area (Å²) in [7, 11) is 1.79. The van der Waals surface area contributed by atoms with Gasteiger partial charge in [-0.15, -0.1) is 11.6 Å². The molecule has 5 heteroatoms. The van der Waals surface area contributed by atoms with Gasteiger partial charge in [0, 0.05) is 16.6 Å². The van der Waals surface area contributed by atoms with Crippen molar-refractivity contribution in [2.45, 2.75) is 37.9 Å². The Labute approximate surface area is 83.7 Å². The van der Waals surface area contributed by atoms with Crippen LogP contribution in [0, 0.1) is 0 Å². The first-order valence-electron chi connectivity index (χ1n) is 3.98. The predicted molar refractivity (Wildman–Crippen MR) is 53.4 cm³/mol. The van der Waals surface area contributed by atoms with E-state index >= 15 is 0 Å². The van der Waals surface area contributed by atoms with Crippen LogP contribution in [0.4, 0.5) is 0 Å². The van der Waals surface area contributed by atoms with E-state index < -0.39 is 14.3 Å². The molecule has 12 heavy (non-hydrogen) atoms. The second-order valence-electron chi connectivity index (χ2n) is 2.82. The Kier molecular flexibility index (Phi) is 6.32. The van der Waals surface area contributed by atoms with Crippen LogP contribution in [0.2, 0.25) is 0 Å². The van der Waals surface area contributed by atoms with Gasteiger partial charge >= 0.3 is 0 Å². The van der Waals surface area contributed by atoms with E-state index in [0.29, 0.717) is 12.3 Å². The van der Waals surface area contributed by atoms with E-state index in [1.807, 2.05) is 0 Å². The molecular weight excluding hydrogens is 219 g/mol. The van der Waals surface area contributed by atoms with Crippen molar-refractivity contribution in [3.8, 4) is 0 Å². The van der Waals surface area contributed by atoms with Gasteiger partial charge in [0.15, 0.2) is 0 Å². The molecule has 0 heterocycles. The molecule has 2 nitrogen and oxygen atoms in total. The molecule has 0 saturated heterocycles. The molecule has 0 aromatic rings. The molecule has 0 aliphatic carbocycles. The number of halogens is 2. The second-order valence-corrected chi connectivity index (χ2v) is 6.25. The van der Waals surface area contributed by atoms with E-state index in [2.05, 4.69) is 0 Å². The van der Waals surface area contributed by atoms with Gasteiger partial charge < -0.3 is 0 Å². The lowest BCUT2D eigenvalue weighted by Crippen LogP contribution is -2.10. The minimum Gasteiger partial charge on any atom is -0.212 e. The Hall–Kier alpha value is 0.530. The molecule has 0 spiro atoms. The smallest absolute Gasteiger partial charge is 0.212 e. The lowest BCUT2D eigenvalue weighted by molar-refractivity contribution is 0.581. The molecule has 74 valence electrons. The molecule has 0 bridgehead atoms. The quantitative estimate of drug-likeness (QED) is 0.401. The lowest BCUT2D eigenvalue weighted by Gasteiger charge is -2.05. The lowest BCUT2D eigenvalue weighted by atomic mass is 10.2. The molecule has 0 rings (SSSR count). The number of hydrogen-bond donors (Lipinski definition) is 0. The number of rotatable bonds is 6. The standard InChI is InChI=1S/C7H14Cl2O2S/c1-7(12(9,10)11)5-3-2-4-6-8/h7H,2-6H2,1H3. The van der Waals surface area contributed by atoms with Gasteiger partial charge in [0.05, 0.1) is 5.25 Å². The fourth-order valence-electron chi connectivity index (χ4n) is 0.844. The van der Waals surface area contributed by atoms with E-state index in [0.717, 1.165) is 19.3 Å². The Morgan fingerprint density at radius 3 is 2.25 bits per heavy atom. The van der Waals surface area contributed by atoms with Crippen molar-refractivity contribution in [2.24, 2.45) is 0 Å². The van der Waals surface area contributed by atoms with Crippen LogP contribution in [0.5, 0.6) is 0 Å². The van der Waals surface area contributed by atoms with E-state index in [-0.39, 0.29) is 0 Å². The van der Waals surface area contributed by atoms with E-state index in [9.17, 15) is 8.42 Å². The summed E-state index contributed by atoms with van der Waals surface area (Å²) < 4.78 is 21.5. The fraction of sp³-hybridized carbons (Fsp3) is 1.00. The molecule has 1 unspecified atom stereocenters. The van der Waals surface area contributed by atoms with Gasteiger partial charge in [0.1, 0.15) is 0 Å². The van der Waals surface area contributed by atoms with Crippen LogP contribution < -0.4 is 0 Å². The number of unbranched alkanes of at least 4 members (excludes halogenated alkanes) is 2. The second kappa shape index (κ2) is 6.06. The molecule has 0 aromatic heterocycles. The molecule has 0 aromatic carbocycles. The van der Waals surface area contributed by atoms with Crippen molar-refractivity contribution >= 4 is 31.3 Å². The van der Waals surface area contributed by atoms with Crippen LogP contribution in [0.3, 0.4) is 0 Å². The summed E-state index contributed by atoms with van der Waals surface area (Å²) in [5, 5.41) is -0.436. The SMILES string of the molecule is CC(CCCCCCl)S(=O)(=O)Cl. The van der Waals surface area contributed by atoms with Crippen molar-refractivity contribution in [1.82, 2.24) is 0 Å². The molecule has 0 amide bonds. The molecule has 0 aliphatic rings. The molecule has 0 fully saturated rings. The number of hydrogen-bond acceptors (Lipinski definition) is 2. The van der Waals surface area contributed by atoms with Gasteiger partial charge in [-0.05, 0) is 19.8 Å². The summed E-state index contributed by atoms with van der Waals surface area (Å²) in [6.45, 7) is 1.63. The number of alkyl halides is 1. The topological polar surface area (TPSA) is 34.1 Å². The molecular formula is C7H14Cl2O2S. The Morgan fingerprint density at radius 2 is 1.83 bits per heavy atom. The maximum absolute atomic E-state index is 10.7. The molecule has 0 aliphatic heterocycles. The monoisotopic (exact) mass is 232 g/mol. The first-order chi connectivity index (χ1) is 5.48. The highest BCUT2D eigenvalue weighted by molar-refractivity contribution is 8.14. The van der Waals surface area contributed by atoms with Crippen molar-refractivity contribution in [1.29, 1.82) is 0 Å². The predicted octanol–water partition coefficient (Wildman–Crippen LogP) is 2.74. The first-order valence-corrected chi connectivity index (χ1v) is 6.88. The van der Waals surface area contributed by atoms with Crippen LogP contribution in [-0.4, -0.2) is 19.5 Å².